The molecule has 2 aromatic rings. The predicted octanol–water partition coefficient (Wildman–Crippen LogP) is 2.46. The Kier molecular flexibility index (Phi) is 4.24. The fourth-order valence-corrected chi connectivity index (χ4v) is 3.23. The third-order valence-electron chi connectivity index (χ3n) is 3.64. The summed E-state index contributed by atoms with van der Waals surface area (Å²) in [6, 6.07) is 7.32. The van der Waals surface area contributed by atoms with E-state index >= 15 is 0 Å². The molecular weight excluding hydrogens is 300 g/mol. The van der Waals surface area contributed by atoms with Crippen LogP contribution in [0.3, 0.4) is 0 Å². The van der Waals surface area contributed by atoms with E-state index in [0.29, 0.717) is 17.4 Å². The SMILES string of the molecule is COc1ccccc1N1CCC[C@H](Nc2nc(C)ns2)C1=O. The first-order valence-corrected chi connectivity index (χ1v) is 7.97. The predicted molar refractivity (Wildman–Crippen MR) is 86.6 cm³/mol. The lowest BCUT2D eigenvalue weighted by Crippen LogP contribution is -2.47. The molecule has 0 aliphatic carbocycles. The number of aromatic nitrogens is 2. The van der Waals surface area contributed by atoms with Gasteiger partial charge in [-0.25, -0.2) is 4.98 Å². The summed E-state index contributed by atoms with van der Waals surface area (Å²) in [4.78, 5) is 18.8. The van der Waals surface area contributed by atoms with Gasteiger partial charge in [0.25, 0.3) is 0 Å². The van der Waals surface area contributed by atoms with Crippen LogP contribution in [0.1, 0.15) is 18.7 Å². The van der Waals surface area contributed by atoms with E-state index in [1.807, 2.05) is 31.2 Å². The van der Waals surface area contributed by atoms with E-state index in [1.54, 1.807) is 12.0 Å². The number of nitrogens with one attached hydrogen (secondary N) is 1. The molecule has 0 bridgehead atoms. The van der Waals surface area contributed by atoms with Gasteiger partial charge in [-0.2, -0.15) is 4.37 Å². The molecule has 1 aromatic heterocycles. The van der Waals surface area contributed by atoms with Gasteiger partial charge in [0.15, 0.2) is 0 Å². The molecule has 1 atom stereocenters. The summed E-state index contributed by atoms with van der Waals surface area (Å²) in [6.45, 7) is 2.54. The zero-order valence-corrected chi connectivity index (χ0v) is 13.4. The molecule has 0 saturated carbocycles. The largest absolute Gasteiger partial charge is 0.495 e. The normalized spacial score (nSPS) is 18.4. The fraction of sp³-hybridized carbons (Fsp3) is 0.400. The molecule has 3 rings (SSSR count). The average Bonchev–Trinajstić information content (AvgIpc) is 2.94. The van der Waals surface area contributed by atoms with Crippen molar-refractivity contribution < 1.29 is 9.53 Å². The molecule has 0 spiro atoms. The van der Waals surface area contributed by atoms with E-state index in [1.165, 1.54) is 11.5 Å². The Morgan fingerprint density at radius 2 is 2.23 bits per heavy atom. The number of amides is 1. The average molecular weight is 318 g/mol. The van der Waals surface area contributed by atoms with Gasteiger partial charge in [-0.05, 0) is 31.9 Å². The van der Waals surface area contributed by atoms with Crippen LogP contribution in [0.5, 0.6) is 5.75 Å². The standard InChI is InChI=1S/C15H18N4O2S/c1-10-16-15(22-18-10)17-11-6-5-9-19(14(11)20)12-7-3-4-8-13(12)21-2/h3-4,7-8,11H,5-6,9H2,1-2H3,(H,16,17,18)/t11-/m0/s1. The maximum absolute atomic E-state index is 12.8. The Morgan fingerprint density at radius 3 is 2.95 bits per heavy atom. The molecule has 22 heavy (non-hydrogen) atoms. The van der Waals surface area contributed by atoms with Crippen LogP contribution < -0.4 is 15.0 Å². The van der Waals surface area contributed by atoms with Gasteiger partial charge in [0.2, 0.25) is 11.0 Å². The first-order chi connectivity index (χ1) is 10.7. The van der Waals surface area contributed by atoms with Crippen molar-refractivity contribution in [2.75, 3.05) is 23.9 Å². The van der Waals surface area contributed by atoms with Crippen molar-refractivity contribution in [3.8, 4) is 5.75 Å². The van der Waals surface area contributed by atoms with Crippen LogP contribution in [0.25, 0.3) is 0 Å². The Hall–Kier alpha value is -2.15. The molecule has 116 valence electrons. The number of hydrogen-bond acceptors (Lipinski definition) is 6. The van der Waals surface area contributed by atoms with E-state index < -0.39 is 0 Å². The highest BCUT2D eigenvalue weighted by Crippen LogP contribution is 2.31. The minimum atomic E-state index is -0.272. The molecule has 6 nitrogen and oxygen atoms in total. The minimum absolute atomic E-state index is 0.0450. The second kappa shape index (κ2) is 6.31. The maximum Gasteiger partial charge on any atom is 0.249 e. The summed E-state index contributed by atoms with van der Waals surface area (Å²) < 4.78 is 9.50. The van der Waals surface area contributed by atoms with Gasteiger partial charge in [-0.1, -0.05) is 12.1 Å². The topological polar surface area (TPSA) is 67.3 Å². The quantitative estimate of drug-likeness (QED) is 0.938. The first kappa shape index (κ1) is 14.8. The summed E-state index contributed by atoms with van der Waals surface area (Å²) in [5.41, 5.74) is 0.815. The van der Waals surface area contributed by atoms with Crippen molar-refractivity contribution >= 4 is 28.3 Å². The minimum Gasteiger partial charge on any atom is -0.495 e. The highest BCUT2D eigenvalue weighted by molar-refractivity contribution is 7.09. The van der Waals surface area contributed by atoms with Crippen molar-refractivity contribution in [2.24, 2.45) is 0 Å². The molecule has 1 amide bonds. The number of anilines is 2. The first-order valence-electron chi connectivity index (χ1n) is 7.20. The zero-order valence-electron chi connectivity index (χ0n) is 12.6. The number of aryl methyl sites for hydroxylation is 1. The summed E-state index contributed by atoms with van der Waals surface area (Å²) >= 11 is 1.28. The van der Waals surface area contributed by atoms with Gasteiger partial charge in [0.1, 0.15) is 17.6 Å². The highest BCUT2D eigenvalue weighted by atomic mass is 32.1. The number of carbonyl (C=O) groups excluding carboxylic acids is 1. The number of methoxy groups -OCH3 is 1. The fourth-order valence-electron chi connectivity index (χ4n) is 2.61. The second-order valence-electron chi connectivity index (χ2n) is 5.15. The van der Waals surface area contributed by atoms with Crippen molar-refractivity contribution in [3.05, 3.63) is 30.1 Å². The maximum atomic E-state index is 12.8. The molecule has 0 unspecified atom stereocenters. The van der Waals surface area contributed by atoms with E-state index in [9.17, 15) is 4.79 Å². The molecular formula is C15H18N4O2S. The van der Waals surface area contributed by atoms with Crippen molar-refractivity contribution in [1.82, 2.24) is 9.36 Å². The van der Waals surface area contributed by atoms with Gasteiger partial charge in [0.05, 0.1) is 12.8 Å². The molecule has 7 heteroatoms. The van der Waals surface area contributed by atoms with Crippen LogP contribution in [0.4, 0.5) is 10.8 Å². The zero-order chi connectivity index (χ0) is 15.5. The van der Waals surface area contributed by atoms with Crippen LogP contribution >= 0.6 is 11.5 Å². The third-order valence-corrected chi connectivity index (χ3v) is 4.38. The van der Waals surface area contributed by atoms with Crippen LogP contribution in [0.2, 0.25) is 0 Å². The van der Waals surface area contributed by atoms with Crippen LogP contribution in [-0.2, 0) is 4.79 Å². The molecule has 1 fully saturated rings. The monoisotopic (exact) mass is 318 g/mol. The summed E-state index contributed by atoms with van der Waals surface area (Å²) in [5.74, 6) is 1.48. The third kappa shape index (κ3) is 2.89. The summed E-state index contributed by atoms with van der Waals surface area (Å²) in [6.07, 6.45) is 1.72. The van der Waals surface area contributed by atoms with Crippen molar-refractivity contribution in [2.45, 2.75) is 25.8 Å². The Balaban J connectivity index is 1.80. The number of para-hydroxylation sites is 2. The molecule has 1 aromatic carbocycles. The number of nitrogens with zero attached hydrogens (tertiary/aromatic N) is 3. The van der Waals surface area contributed by atoms with E-state index in [2.05, 4.69) is 14.7 Å². The highest BCUT2D eigenvalue weighted by Gasteiger charge is 2.31. The van der Waals surface area contributed by atoms with Crippen molar-refractivity contribution in [3.63, 3.8) is 0 Å². The summed E-state index contributed by atoms with van der Waals surface area (Å²) in [7, 11) is 1.62. The van der Waals surface area contributed by atoms with E-state index in [-0.39, 0.29) is 11.9 Å². The van der Waals surface area contributed by atoms with Gasteiger partial charge < -0.3 is 15.0 Å². The molecule has 0 radical (unpaired) electrons. The van der Waals surface area contributed by atoms with Gasteiger partial charge >= 0.3 is 0 Å². The number of benzene rings is 1. The Labute approximate surface area is 133 Å². The van der Waals surface area contributed by atoms with Crippen LogP contribution in [0.15, 0.2) is 24.3 Å². The Morgan fingerprint density at radius 1 is 1.41 bits per heavy atom. The summed E-state index contributed by atoms with van der Waals surface area (Å²) in [5, 5.41) is 3.89. The van der Waals surface area contributed by atoms with E-state index in [4.69, 9.17) is 4.74 Å². The number of hydrogen-bond donors (Lipinski definition) is 1. The molecule has 2 heterocycles. The van der Waals surface area contributed by atoms with Crippen LogP contribution in [-0.4, -0.2) is 35.0 Å². The lowest BCUT2D eigenvalue weighted by molar-refractivity contribution is -0.120. The number of rotatable bonds is 4. The molecule has 1 aliphatic heterocycles. The van der Waals surface area contributed by atoms with Gasteiger partial charge in [0, 0.05) is 18.1 Å². The molecule has 1 aliphatic rings. The van der Waals surface area contributed by atoms with Crippen LogP contribution in [0, 0.1) is 6.92 Å². The Bertz CT molecular complexity index is 673. The molecule has 1 saturated heterocycles. The van der Waals surface area contributed by atoms with Gasteiger partial charge in [-0.3, -0.25) is 4.79 Å². The second-order valence-corrected chi connectivity index (χ2v) is 5.90. The van der Waals surface area contributed by atoms with E-state index in [0.717, 1.165) is 24.4 Å². The van der Waals surface area contributed by atoms with Crippen molar-refractivity contribution in [1.29, 1.82) is 0 Å². The number of carbonyl (C=O) groups is 1. The smallest absolute Gasteiger partial charge is 0.249 e. The number of piperidine rings is 1. The lowest BCUT2D eigenvalue weighted by Gasteiger charge is -2.33. The molecule has 1 N–H and O–H groups in total. The number of ether oxygens (including phenoxy) is 1. The lowest BCUT2D eigenvalue weighted by atomic mass is 10.0. The van der Waals surface area contributed by atoms with Gasteiger partial charge in [-0.15, -0.1) is 0 Å².